The van der Waals surface area contributed by atoms with E-state index in [2.05, 4.69) is 61.7 Å². The first-order valence-electron chi connectivity index (χ1n) is 6.86. The van der Waals surface area contributed by atoms with E-state index >= 15 is 0 Å². The summed E-state index contributed by atoms with van der Waals surface area (Å²) in [6, 6.07) is 10.9. The number of rotatable bonds is 3. The average Bonchev–Trinajstić information content (AvgIpc) is 2.76. The summed E-state index contributed by atoms with van der Waals surface area (Å²) >= 11 is 0. The zero-order valence-electron chi connectivity index (χ0n) is 11.5. The van der Waals surface area contributed by atoms with E-state index in [4.69, 9.17) is 4.74 Å². The Kier molecular flexibility index (Phi) is 2.76. The van der Waals surface area contributed by atoms with Crippen molar-refractivity contribution < 1.29 is 4.74 Å². The van der Waals surface area contributed by atoms with E-state index in [1.807, 2.05) is 0 Å². The van der Waals surface area contributed by atoms with E-state index in [9.17, 15) is 0 Å². The van der Waals surface area contributed by atoms with Crippen molar-refractivity contribution in [3.05, 3.63) is 47.7 Å². The highest BCUT2D eigenvalue weighted by Crippen LogP contribution is 2.68. The molecule has 1 saturated carbocycles. The van der Waals surface area contributed by atoms with Crippen LogP contribution in [0.2, 0.25) is 19.6 Å². The Balaban J connectivity index is 1.86. The highest BCUT2D eigenvalue weighted by atomic mass is 28.3. The molecule has 0 N–H and O–H groups in total. The fourth-order valence-electron chi connectivity index (χ4n) is 3.23. The molecule has 0 amide bonds. The highest BCUT2D eigenvalue weighted by molar-refractivity contribution is 6.80. The van der Waals surface area contributed by atoms with Crippen LogP contribution >= 0.6 is 0 Å². The van der Waals surface area contributed by atoms with E-state index in [0.29, 0.717) is 17.3 Å². The van der Waals surface area contributed by atoms with Crippen LogP contribution < -0.4 is 0 Å². The lowest BCUT2D eigenvalue weighted by Gasteiger charge is -2.14. The monoisotopic (exact) mass is 258 g/mol. The number of benzene rings is 1. The van der Waals surface area contributed by atoms with Crippen LogP contribution in [0.15, 0.2) is 42.1 Å². The summed E-state index contributed by atoms with van der Waals surface area (Å²) in [6.07, 6.45) is 2.49. The van der Waals surface area contributed by atoms with Crippen molar-refractivity contribution in [3.8, 4) is 0 Å². The smallest absolute Gasteiger partial charge is 0.0683 e. The van der Waals surface area contributed by atoms with E-state index in [0.717, 1.165) is 13.2 Å². The Labute approximate surface area is 111 Å². The predicted octanol–water partition coefficient (Wildman–Crippen LogP) is 3.85. The average molecular weight is 258 g/mol. The molecule has 1 aliphatic heterocycles. The van der Waals surface area contributed by atoms with Crippen LogP contribution in [0.1, 0.15) is 11.5 Å². The van der Waals surface area contributed by atoms with Gasteiger partial charge in [-0.3, -0.25) is 0 Å². The third-order valence-corrected chi connectivity index (χ3v) is 5.43. The predicted molar refractivity (Wildman–Crippen MR) is 78.4 cm³/mol. The van der Waals surface area contributed by atoms with Crippen LogP contribution in [0.3, 0.4) is 0 Å². The third kappa shape index (κ3) is 1.98. The second kappa shape index (κ2) is 4.07. The minimum absolute atomic E-state index is 0.321. The molecule has 3 atom stereocenters. The van der Waals surface area contributed by atoms with Crippen molar-refractivity contribution in [2.45, 2.75) is 25.6 Å². The van der Waals surface area contributed by atoms with Crippen molar-refractivity contribution >= 4 is 8.07 Å². The van der Waals surface area contributed by atoms with Crippen LogP contribution in [0.5, 0.6) is 0 Å². The lowest BCUT2D eigenvalue weighted by Crippen LogP contribution is -2.17. The lowest BCUT2D eigenvalue weighted by molar-refractivity contribution is 0.149. The molecule has 18 heavy (non-hydrogen) atoms. The highest BCUT2D eigenvalue weighted by Gasteiger charge is 2.66. The fourth-order valence-corrected chi connectivity index (χ4v) is 4.05. The molecule has 0 radical (unpaired) electrons. The molecule has 1 nitrogen and oxygen atoms in total. The summed E-state index contributed by atoms with van der Waals surface area (Å²) in [5.74, 6) is 1.41. The molecule has 1 aromatic carbocycles. The second-order valence-corrected chi connectivity index (χ2v) is 11.9. The maximum atomic E-state index is 5.69. The van der Waals surface area contributed by atoms with Gasteiger partial charge in [0.05, 0.1) is 21.3 Å². The summed E-state index contributed by atoms with van der Waals surface area (Å²) in [5.41, 5.74) is 4.31. The first-order chi connectivity index (χ1) is 8.53. The molecule has 1 aromatic rings. The van der Waals surface area contributed by atoms with Crippen molar-refractivity contribution in [2.75, 3.05) is 13.2 Å². The van der Waals surface area contributed by atoms with E-state index in [1.165, 1.54) is 5.56 Å². The minimum atomic E-state index is -1.11. The van der Waals surface area contributed by atoms with Gasteiger partial charge >= 0.3 is 0 Å². The Morgan fingerprint density at radius 3 is 2.61 bits per heavy atom. The normalized spacial score (nSPS) is 34.8. The lowest BCUT2D eigenvalue weighted by atomic mass is 10.0. The third-order valence-electron chi connectivity index (χ3n) is 4.26. The van der Waals surface area contributed by atoms with Crippen LogP contribution in [0.4, 0.5) is 0 Å². The topological polar surface area (TPSA) is 9.23 Å². The van der Waals surface area contributed by atoms with Gasteiger partial charge < -0.3 is 4.74 Å². The minimum Gasteiger partial charge on any atom is -0.380 e. The van der Waals surface area contributed by atoms with E-state index in [1.54, 1.807) is 0 Å². The Bertz CT molecular complexity index is 460. The van der Waals surface area contributed by atoms with Gasteiger partial charge in [0.2, 0.25) is 0 Å². The van der Waals surface area contributed by atoms with Gasteiger partial charge in [-0.15, -0.1) is 0 Å². The zero-order chi connectivity index (χ0) is 12.8. The van der Waals surface area contributed by atoms with Crippen molar-refractivity contribution in [1.82, 2.24) is 0 Å². The van der Waals surface area contributed by atoms with Gasteiger partial charge in [-0.05, 0) is 5.56 Å². The molecule has 0 bridgehead atoms. The standard InChI is InChI=1S/C16H22OSi/c1-18(2,3)10-9-16-12-17-11-14(16)15(16)13-7-5-4-6-8-13/h4-10,14-15H,11-12H2,1-3H3/b10-9-/t14?,15-,16-/m0/s1. The first kappa shape index (κ1) is 12.2. The molecular weight excluding hydrogens is 236 g/mol. The first-order valence-corrected chi connectivity index (χ1v) is 10.4. The van der Waals surface area contributed by atoms with E-state index in [-0.39, 0.29) is 0 Å². The molecule has 3 rings (SSSR count). The molecule has 1 unspecified atom stereocenters. The van der Waals surface area contributed by atoms with Crippen molar-refractivity contribution in [3.63, 3.8) is 0 Å². The molecular formula is C16H22OSi. The summed E-state index contributed by atoms with van der Waals surface area (Å²) in [7, 11) is -1.11. The zero-order valence-corrected chi connectivity index (χ0v) is 12.5. The van der Waals surface area contributed by atoms with Gasteiger partial charge in [-0.2, -0.15) is 0 Å². The summed E-state index contributed by atoms with van der Waals surface area (Å²) in [6.45, 7) is 9.04. The molecule has 1 aliphatic carbocycles. The van der Waals surface area contributed by atoms with Crippen LogP contribution in [-0.4, -0.2) is 21.3 Å². The Morgan fingerprint density at radius 2 is 1.94 bits per heavy atom. The summed E-state index contributed by atoms with van der Waals surface area (Å²) in [5, 5.41) is 0. The number of fused-ring (bicyclic) bond motifs is 1. The fraction of sp³-hybridized carbons (Fsp3) is 0.500. The Morgan fingerprint density at radius 1 is 1.22 bits per heavy atom. The van der Waals surface area contributed by atoms with Gasteiger partial charge in [0.15, 0.2) is 0 Å². The van der Waals surface area contributed by atoms with E-state index < -0.39 is 8.07 Å². The molecule has 0 spiro atoms. The second-order valence-electron chi connectivity index (χ2n) is 6.82. The SMILES string of the molecule is C[Si](C)(C)/C=C\[C@]12COCC1[C@@H]2c1ccccc1. The Hall–Kier alpha value is -0.863. The molecule has 96 valence electrons. The van der Waals surface area contributed by atoms with Crippen LogP contribution in [0.25, 0.3) is 0 Å². The van der Waals surface area contributed by atoms with Gasteiger partial charge in [0, 0.05) is 17.3 Å². The summed E-state index contributed by atoms with van der Waals surface area (Å²) < 4.78 is 5.69. The maximum absolute atomic E-state index is 5.69. The van der Waals surface area contributed by atoms with Crippen molar-refractivity contribution in [1.29, 1.82) is 0 Å². The van der Waals surface area contributed by atoms with Gasteiger partial charge in [0.1, 0.15) is 0 Å². The maximum Gasteiger partial charge on any atom is 0.0683 e. The molecule has 2 fully saturated rings. The quantitative estimate of drug-likeness (QED) is 0.748. The molecule has 1 saturated heterocycles. The number of ether oxygens (including phenoxy) is 1. The number of hydrogen-bond acceptors (Lipinski definition) is 1. The van der Waals surface area contributed by atoms with Crippen LogP contribution in [0, 0.1) is 11.3 Å². The number of hydrogen-bond donors (Lipinski definition) is 0. The molecule has 1 heterocycles. The molecule has 0 aromatic heterocycles. The summed E-state index contributed by atoms with van der Waals surface area (Å²) in [4.78, 5) is 0. The molecule has 2 aliphatic rings. The van der Waals surface area contributed by atoms with Gasteiger partial charge in [-0.25, -0.2) is 0 Å². The van der Waals surface area contributed by atoms with Crippen LogP contribution in [-0.2, 0) is 4.74 Å². The largest absolute Gasteiger partial charge is 0.380 e. The van der Waals surface area contributed by atoms with Gasteiger partial charge in [0.25, 0.3) is 0 Å². The van der Waals surface area contributed by atoms with Gasteiger partial charge in [-0.1, -0.05) is 61.7 Å². The molecule has 2 heteroatoms. The van der Waals surface area contributed by atoms with Crippen molar-refractivity contribution in [2.24, 2.45) is 11.3 Å².